The molecule has 2 aromatic carbocycles. The van der Waals surface area contributed by atoms with Gasteiger partial charge in [-0.15, -0.1) is 0 Å². The molecular weight excluding hydrogens is 262 g/mol. The summed E-state index contributed by atoms with van der Waals surface area (Å²) in [6.07, 6.45) is 0.646. The summed E-state index contributed by atoms with van der Waals surface area (Å²) in [5, 5.41) is 12.4. The van der Waals surface area contributed by atoms with Crippen molar-refractivity contribution in [3.63, 3.8) is 0 Å². The summed E-state index contributed by atoms with van der Waals surface area (Å²) < 4.78 is 5.43. The minimum Gasteiger partial charge on any atom is -0.495 e. The van der Waals surface area contributed by atoms with E-state index in [-0.39, 0.29) is 6.61 Å². The Hall–Kier alpha value is -2.00. The lowest BCUT2D eigenvalue weighted by molar-refractivity contribution is 0.299. The fourth-order valence-electron chi connectivity index (χ4n) is 2.36. The smallest absolute Gasteiger partial charge is 0.142 e. The number of aliphatic hydroxyl groups is 1. The van der Waals surface area contributed by atoms with E-state index in [1.165, 1.54) is 16.7 Å². The molecule has 112 valence electrons. The summed E-state index contributed by atoms with van der Waals surface area (Å²) in [5.41, 5.74) is 5.96. The van der Waals surface area contributed by atoms with E-state index < -0.39 is 0 Å². The molecule has 0 saturated carbocycles. The van der Waals surface area contributed by atoms with Gasteiger partial charge in [-0.3, -0.25) is 0 Å². The lowest BCUT2D eigenvalue weighted by Gasteiger charge is -2.14. The molecule has 3 heteroatoms. The Morgan fingerprint density at radius 2 is 1.95 bits per heavy atom. The van der Waals surface area contributed by atoms with Gasteiger partial charge in [-0.25, -0.2) is 0 Å². The van der Waals surface area contributed by atoms with E-state index in [9.17, 15) is 0 Å². The van der Waals surface area contributed by atoms with Gasteiger partial charge in [0.2, 0.25) is 0 Å². The Bertz CT molecular complexity index is 608. The predicted octanol–water partition coefficient (Wildman–Crippen LogP) is 3.46. The molecule has 2 rings (SSSR count). The van der Waals surface area contributed by atoms with Gasteiger partial charge in [-0.1, -0.05) is 24.3 Å². The maximum absolute atomic E-state index is 9.00. The third-order valence-corrected chi connectivity index (χ3v) is 3.85. The largest absolute Gasteiger partial charge is 0.495 e. The van der Waals surface area contributed by atoms with Crippen LogP contribution in [0.4, 0.5) is 5.69 Å². The SMILES string of the molecule is COc1cc(CCO)ccc1NCc1cccc(C)c1C. The minimum atomic E-state index is 0.151. The zero-order valence-electron chi connectivity index (χ0n) is 12.9. The van der Waals surface area contributed by atoms with E-state index >= 15 is 0 Å². The van der Waals surface area contributed by atoms with Gasteiger partial charge >= 0.3 is 0 Å². The van der Waals surface area contributed by atoms with Crippen molar-refractivity contribution in [2.24, 2.45) is 0 Å². The third kappa shape index (κ3) is 3.76. The number of aryl methyl sites for hydroxylation is 1. The summed E-state index contributed by atoms with van der Waals surface area (Å²) in [6.45, 7) is 5.19. The fraction of sp³-hybridized carbons (Fsp3) is 0.333. The standard InChI is InChI=1S/C18H23NO2/c1-13-5-4-6-16(14(13)2)12-19-17-8-7-15(9-10-20)11-18(17)21-3/h4-8,11,19-20H,9-10,12H2,1-3H3. The number of anilines is 1. The van der Waals surface area contributed by atoms with Crippen molar-refractivity contribution in [3.05, 3.63) is 58.7 Å². The second-order valence-electron chi connectivity index (χ2n) is 5.22. The highest BCUT2D eigenvalue weighted by atomic mass is 16.5. The molecule has 0 heterocycles. The number of rotatable bonds is 6. The predicted molar refractivity (Wildman–Crippen MR) is 87.0 cm³/mol. The van der Waals surface area contributed by atoms with Crippen molar-refractivity contribution in [1.82, 2.24) is 0 Å². The average Bonchev–Trinajstić information content (AvgIpc) is 2.50. The van der Waals surface area contributed by atoms with Crippen LogP contribution in [-0.2, 0) is 13.0 Å². The van der Waals surface area contributed by atoms with Gasteiger partial charge in [0.15, 0.2) is 0 Å². The van der Waals surface area contributed by atoms with Crippen molar-refractivity contribution in [1.29, 1.82) is 0 Å². The van der Waals surface area contributed by atoms with E-state index in [1.54, 1.807) is 7.11 Å². The fourth-order valence-corrected chi connectivity index (χ4v) is 2.36. The second kappa shape index (κ2) is 7.14. The first kappa shape index (κ1) is 15.4. The molecule has 2 aromatic rings. The van der Waals surface area contributed by atoms with Crippen LogP contribution in [0.25, 0.3) is 0 Å². The van der Waals surface area contributed by atoms with Crippen molar-refractivity contribution >= 4 is 5.69 Å². The first-order valence-electron chi connectivity index (χ1n) is 7.22. The number of aliphatic hydroxyl groups excluding tert-OH is 1. The van der Waals surface area contributed by atoms with E-state index in [2.05, 4.69) is 37.4 Å². The lowest BCUT2D eigenvalue weighted by atomic mass is 10.0. The maximum atomic E-state index is 9.00. The normalized spacial score (nSPS) is 10.5. The maximum Gasteiger partial charge on any atom is 0.142 e. The minimum absolute atomic E-state index is 0.151. The Balaban J connectivity index is 2.14. The Kier molecular flexibility index (Phi) is 5.23. The molecule has 0 unspecified atom stereocenters. The summed E-state index contributed by atoms with van der Waals surface area (Å²) in [6, 6.07) is 12.4. The average molecular weight is 285 g/mol. The third-order valence-electron chi connectivity index (χ3n) is 3.85. The quantitative estimate of drug-likeness (QED) is 0.854. The molecule has 0 atom stereocenters. The van der Waals surface area contributed by atoms with Gasteiger partial charge in [0.25, 0.3) is 0 Å². The van der Waals surface area contributed by atoms with Gasteiger partial charge in [-0.05, 0) is 54.7 Å². The van der Waals surface area contributed by atoms with Crippen LogP contribution in [0.2, 0.25) is 0 Å². The molecule has 3 nitrogen and oxygen atoms in total. The monoisotopic (exact) mass is 285 g/mol. The highest BCUT2D eigenvalue weighted by Crippen LogP contribution is 2.26. The molecule has 0 aliphatic carbocycles. The molecular formula is C18H23NO2. The van der Waals surface area contributed by atoms with Crippen LogP contribution in [-0.4, -0.2) is 18.8 Å². The summed E-state index contributed by atoms with van der Waals surface area (Å²) >= 11 is 0. The Morgan fingerprint density at radius 1 is 1.14 bits per heavy atom. The highest BCUT2D eigenvalue weighted by Gasteiger charge is 2.06. The number of hydrogen-bond acceptors (Lipinski definition) is 3. The van der Waals surface area contributed by atoms with Crippen molar-refractivity contribution < 1.29 is 9.84 Å². The number of nitrogens with one attached hydrogen (secondary N) is 1. The lowest BCUT2D eigenvalue weighted by Crippen LogP contribution is -2.04. The molecule has 0 bridgehead atoms. The zero-order chi connectivity index (χ0) is 15.2. The van der Waals surface area contributed by atoms with Crippen LogP contribution in [0.5, 0.6) is 5.75 Å². The van der Waals surface area contributed by atoms with Crippen molar-refractivity contribution in [2.75, 3.05) is 19.0 Å². The molecule has 0 saturated heterocycles. The molecule has 0 radical (unpaired) electrons. The summed E-state index contributed by atoms with van der Waals surface area (Å²) in [7, 11) is 1.67. The van der Waals surface area contributed by atoms with Crippen molar-refractivity contribution in [3.8, 4) is 5.75 Å². The van der Waals surface area contributed by atoms with Crippen molar-refractivity contribution in [2.45, 2.75) is 26.8 Å². The second-order valence-corrected chi connectivity index (χ2v) is 5.22. The van der Waals surface area contributed by atoms with E-state index in [4.69, 9.17) is 9.84 Å². The topological polar surface area (TPSA) is 41.5 Å². The molecule has 0 aliphatic rings. The van der Waals surface area contributed by atoms with Crippen LogP contribution >= 0.6 is 0 Å². The van der Waals surface area contributed by atoms with Crippen LogP contribution in [0, 0.1) is 13.8 Å². The molecule has 0 fully saturated rings. The molecule has 0 amide bonds. The van der Waals surface area contributed by atoms with Gasteiger partial charge in [0.1, 0.15) is 5.75 Å². The van der Waals surface area contributed by atoms with Crippen LogP contribution in [0.1, 0.15) is 22.3 Å². The molecule has 0 aromatic heterocycles. The van der Waals surface area contributed by atoms with Gasteiger partial charge in [0, 0.05) is 13.2 Å². The Labute approximate surface area is 126 Å². The van der Waals surface area contributed by atoms with Gasteiger partial charge < -0.3 is 15.2 Å². The zero-order valence-corrected chi connectivity index (χ0v) is 12.9. The first-order chi connectivity index (χ1) is 10.2. The summed E-state index contributed by atoms with van der Waals surface area (Å²) in [5.74, 6) is 0.811. The summed E-state index contributed by atoms with van der Waals surface area (Å²) in [4.78, 5) is 0. The number of methoxy groups -OCH3 is 1. The highest BCUT2D eigenvalue weighted by molar-refractivity contribution is 5.58. The van der Waals surface area contributed by atoms with Crippen LogP contribution in [0.15, 0.2) is 36.4 Å². The molecule has 21 heavy (non-hydrogen) atoms. The number of ether oxygens (including phenoxy) is 1. The Morgan fingerprint density at radius 3 is 2.67 bits per heavy atom. The number of benzene rings is 2. The molecule has 2 N–H and O–H groups in total. The van der Waals surface area contributed by atoms with E-state index in [1.807, 2.05) is 18.2 Å². The van der Waals surface area contributed by atoms with Gasteiger partial charge in [-0.2, -0.15) is 0 Å². The molecule has 0 aliphatic heterocycles. The van der Waals surface area contributed by atoms with Crippen LogP contribution in [0.3, 0.4) is 0 Å². The van der Waals surface area contributed by atoms with E-state index in [0.717, 1.165) is 23.5 Å². The van der Waals surface area contributed by atoms with Gasteiger partial charge in [0.05, 0.1) is 12.8 Å². The number of hydrogen-bond donors (Lipinski definition) is 2. The first-order valence-corrected chi connectivity index (χ1v) is 7.22. The molecule has 0 spiro atoms. The van der Waals surface area contributed by atoms with E-state index in [0.29, 0.717) is 6.42 Å². The van der Waals surface area contributed by atoms with Crippen LogP contribution < -0.4 is 10.1 Å².